The molecule has 3 aliphatic rings. The first kappa shape index (κ1) is 17.5. The molecule has 0 aromatic heterocycles. The molecule has 3 fully saturated rings. The summed E-state index contributed by atoms with van der Waals surface area (Å²) in [4.78, 5) is 26.5. The topological polar surface area (TPSA) is 67.9 Å². The van der Waals surface area contributed by atoms with Gasteiger partial charge in [0.1, 0.15) is 6.10 Å². The molecule has 1 heterocycles. The van der Waals surface area contributed by atoms with E-state index in [-0.39, 0.29) is 17.5 Å². The zero-order chi connectivity index (χ0) is 18.4. The van der Waals surface area contributed by atoms with Gasteiger partial charge < -0.3 is 19.7 Å². The Bertz CT molecular complexity index is 699. The Labute approximate surface area is 153 Å². The lowest BCUT2D eigenvalue weighted by molar-refractivity contribution is -0.180. The molecule has 6 heteroatoms. The molecule has 1 saturated heterocycles. The largest absolute Gasteiger partial charge is 0.459 e. The van der Waals surface area contributed by atoms with Gasteiger partial charge in [0.25, 0.3) is 5.91 Å². The molecule has 2 unspecified atom stereocenters. The second-order valence-corrected chi connectivity index (χ2v) is 7.77. The van der Waals surface area contributed by atoms with E-state index in [1.54, 1.807) is 0 Å². The molecule has 1 aromatic carbocycles. The molecule has 1 aliphatic heterocycles. The number of carbonyl (C=O) groups is 2. The molecule has 140 valence electrons. The third-order valence-electron chi connectivity index (χ3n) is 5.98. The van der Waals surface area contributed by atoms with Gasteiger partial charge in [0.15, 0.2) is 5.60 Å². The lowest BCUT2D eigenvalue weighted by Crippen LogP contribution is -2.63. The predicted octanol–water partition coefficient (Wildman–Crippen LogP) is 2.02. The van der Waals surface area contributed by atoms with Crippen molar-refractivity contribution in [2.24, 2.45) is 0 Å². The predicted molar refractivity (Wildman–Crippen MR) is 96.8 cm³/mol. The molecule has 26 heavy (non-hydrogen) atoms. The van der Waals surface area contributed by atoms with E-state index in [9.17, 15) is 9.59 Å². The minimum atomic E-state index is -1.01. The van der Waals surface area contributed by atoms with Gasteiger partial charge in [-0.1, -0.05) is 18.2 Å². The number of esters is 1. The van der Waals surface area contributed by atoms with Crippen LogP contribution in [0.3, 0.4) is 0 Å². The van der Waals surface area contributed by atoms with Gasteiger partial charge in [-0.3, -0.25) is 9.59 Å². The summed E-state index contributed by atoms with van der Waals surface area (Å²) in [6, 6.07) is 10.2. The smallest absolute Gasteiger partial charge is 0.303 e. The molecule has 1 aromatic rings. The average Bonchev–Trinajstić information content (AvgIpc) is 3.31. The Balaban J connectivity index is 1.64. The van der Waals surface area contributed by atoms with Crippen molar-refractivity contribution in [3.8, 4) is 0 Å². The van der Waals surface area contributed by atoms with Crippen LogP contribution < -0.4 is 10.2 Å². The van der Waals surface area contributed by atoms with Gasteiger partial charge in [-0.15, -0.1) is 0 Å². The Morgan fingerprint density at radius 1 is 1.27 bits per heavy atom. The molecule has 2 atom stereocenters. The summed E-state index contributed by atoms with van der Waals surface area (Å²) in [5, 5.41) is 3.34. The second kappa shape index (κ2) is 6.35. The Morgan fingerprint density at radius 3 is 2.58 bits per heavy atom. The number of morpholine rings is 1. The van der Waals surface area contributed by atoms with E-state index in [2.05, 4.69) is 5.32 Å². The van der Waals surface area contributed by atoms with Crippen molar-refractivity contribution in [3.05, 3.63) is 30.3 Å². The maximum Gasteiger partial charge on any atom is 0.303 e. The van der Waals surface area contributed by atoms with Crippen molar-refractivity contribution in [2.45, 2.75) is 62.4 Å². The van der Waals surface area contributed by atoms with Gasteiger partial charge >= 0.3 is 5.97 Å². The number of carbonyl (C=O) groups excluding carboxylic acids is 2. The van der Waals surface area contributed by atoms with E-state index >= 15 is 0 Å². The molecular weight excluding hydrogens is 332 g/mol. The highest BCUT2D eigenvalue weighted by Crippen LogP contribution is 2.53. The summed E-state index contributed by atoms with van der Waals surface area (Å²) >= 11 is 0. The molecule has 2 spiro atoms. The molecule has 1 amide bonds. The van der Waals surface area contributed by atoms with Crippen LogP contribution in [0.1, 0.15) is 39.0 Å². The van der Waals surface area contributed by atoms with E-state index < -0.39 is 11.7 Å². The van der Waals surface area contributed by atoms with Crippen LogP contribution in [-0.2, 0) is 19.1 Å². The third kappa shape index (κ3) is 2.91. The number of ether oxygens (including phenoxy) is 2. The van der Waals surface area contributed by atoms with Crippen LogP contribution in [0.25, 0.3) is 0 Å². The third-order valence-corrected chi connectivity index (χ3v) is 5.98. The highest BCUT2D eigenvalue weighted by Gasteiger charge is 2.71. The second-order valence-electron chi connectivity index (χ2n) is 7.77. The Morgan fingerprint density at radius 2 is 1.96 bits per heavy atom. The summed E-state index contributed by atoms with van der Waals surface area (Å²) in [6.07, 6.45) is 3.79. The molecule has 1 N–H and O–H groups in total. The molecule has 0 bridgehead atoms. The fourth-order valence-electron chi connectivity index (χ4n) is 4.45. The van der Waals surface area contributed by atoms with Crippen LogP contribution in [0.5, 0.6) is 0 Å². The number of rotatable bonds is 3. The molecule has 6 nitrogen and oxygen atoms in total. The van der Waals surface area contributed by atoms with Crippen molar-refractivity contribution < 1.29 is 19.1 Å². The standard InChI is InChI=1S/C20H26N2O4/c1-14(23)25-17-12-20(17)18(24)22(16-6-4-3-5-7-16)13-19(26-20)10-8-15(21-2)9-11-19/h3-7,15,17,21H,8-13H2,1-2H3/t15-,17?,19+,20?. The van der Waals surface area contributed by atoms with E-state index in [4.69, 9.17) is 9.47 Å². The van der Waals surface area contributed by atoms with Crippen LogP contribution in [0, 0.1) is 0 Å². The number of nitrogens with zero attached hydrogens (tertiary/aromatic N) is 1. The minimum Gasteiger partial charge on any atom is -0.459 e. The van der Waals surface area contributed by atoms with Gasteiger partial charge in [-0.25, -0.2) is 0 Å². The Hall–Kier alpha value is -1.92. The van der Waals surface area contributed by atoms with E-state index in [0.717, 1.165) is 31.4 Å². The number of hydrogen-bond donors (Lipinski definition) is 1. The minimum absolute atomic E-state index is 0.0867. The molecule has 2 saturated carbocycles. The summed E-state index contributed by atoms with van der Waals surface area (Å²) < 4.78 is 11.8. The number of nitrogens with one attached hydrogen (secondary N) is 1. The van der Waals surface area contributed by atoms with Crippen molar-refractivity contribution >= 4 is 17.6 Å². The van der Waals surface area contributed by atoms with Crippen LogP contribution >= 0.6 is 0 Å². The number of amides is 1. The fraction of sp³-hybridized carbons (Fsp3) is 0.600. The highest BCUT2D eigenvalue weighted by molar-refractivity contribution is 6.03. The SMILES string of the molecule is CN[C@H]1CC[C@@]2(CC1)CN(c1ccccc1)C(=O)C1(CC1OC(C)=O)O2. The Kier molecular flexibility index (Phi) is 4.28. The molecule has 4 rings (SSSR count). The number of hydrogen-bond acceptors (Lipinski definition) is 5. The van der Waals surface area contributed by atoms with Crippen LogP contribution in [0.2, 0.25) is 0 Å². The lowest BCUT2D eigenvalue weighted by Gasteiger charge is -2.49. The molecule has 2 aliphatic carbocycles. The van der Waals surface area contributed by atoms with Gasteiger partial charge in [-0.2, -0.15) is 0 Å². The monoisotopic (exact) mass is 358 g/mol. The van der Waals surface area contributed by atoms with Gasteiger partial charge in [0.05, 0.1) is 12.1 Å². The normalized spacial score (nSPS) is 36.4. The molecular formula is C20H26N2O4. The molecule has 0 radical (unpaired) electrons. The van der Waals surface area contributed by atoms with Crippen LogP contribution in [0.4, 0.5) is 5.69 Å². The van der Waals surface area contributed by atoms with Crippen molar-refractivity contribution in [1.82, 2.24) is 5.32 Å². The summed E-state index contributed by atoms with van der Waals surface area (Å²) in [7, 11) is 1.99. The van der Waals surface area contributed by atoms with Crippen LogP contribution in [-0.4, -0.2) is 48.8 Å². The maximum atomic E-state index is 13.2. The maximum absolute atomic E-state index is 13.2. The fourth-order valence-corrected chi connectivity index (χ4v) is 4.45. The van der Waals surface area contributed by atoms with Crippen molar-refractivity contribution in [2.75, 3.05) is 18.5 Å². The number of anilines is 1. The first-order valence-electron chi connectivity index (χ1n) is 9.40. The summed E-state index contributed by atoms with van der Waals surface area (Å²) in [6.45, 7) is 1.93. The zero-order valence-electron chi connectivity index (χ0n) is 15.4. The van der Waals surface area contributed by atoms with Gasteiger partial charge in [-0.05, 0) is 44.9 Å². The number of para-hydroxylation sites is 1. The quantitative estimate of drug-likeness (QED) is 0.838. The average molecular weight is 358 g/mol. The highest BCUT2D eigenvalue weighted by atomic mass is 16.6. The summed E-state index contributed by atoms with van der Waals surface area (Å²) in [5.74, 6) is -0.454. The number of benzene rings is 1. The van der Waals surface area contributed by atoms with Crippen LogP contribution in [0.15, 0.2) is 30.3 Å². The first-order valence-corrected chi connectivity index (χ1v) is 9.40. The summed E-state index contributed by atoms with van der Waals surface area (Å²) in [5.41, 5.74) is -0.498. The van der Waals surface area contributed by atoms with E-state index in [1.807, 2.05) is 42.3 Å². The van der Waals surface area contributed by atoms with Crippen molar-refractivity contribution in [1.29, 1.82) is 0 Å². The van der Waals surface area contributed by atoms with E-state index in [0.29, 0.717) is 19.0 Å². The first-order chi connectivity index (χ1) is 12.5. The van der Waals surface area contributed by atoms with Gasteiger partial charge in [0.2, 0.25) is 0 Å². The van der Waals surface area contributed by atoms with E-state index in [1.165, 1.54) is 6.92 Å². The zero-order valence-corrected chi connectivity index (χ0v) is 15.4. The lowest BCUT2D eigenvalue weighted by atomic mass is 9.80. The van der Waals surface area contributed by atoms with Crippen molar-refractivity contribution in [3.63, 3.8) is 0 Å². The van der Waals surface area contributed by atoms with Gasteiger partial charge in [0, 0.05) is 25.1 Å².